The molecule has 5 nitrogen and oxygen atoms in total. The first-order valence-corrected chi connectivity index (χ1v) is 12.9. The molecular formula is C32H32N4O. The quantitative estimate of drug-likeness (QED) is 0.264. The van der Waals surface area contributed by atoms with Crippen molar-refractivity contribution in [1.82, 2.24) is 20.1 Å². The molecule has 5 heteroatoms. The van der Waals surface area contributed by atoms with Crippen LogP contribution in [0.1, 0.15) is 47.4 Å². The molecule has 1 N–H and O–H groups in total. The number of hydrogen-bond donors (Lipinski definition) is 1. The first-order valence-electron chi connectivity index (χ1n) is 12.9. The summed E-state index contributed by atoms with van der Waals surface area (Å²) < 4.78 is 1.93. The lowest BCUT2D eigenvalue weighted by Crippen LogP contribution is -2.33. The molecule has 0 saturated carbocycles. The lowest BCUT2D eigenvalue weighted by Gasteiger charge is -2.16. The van der Waals surface area contributed by atoms with E-state index < -0.39 is 0 Å². The Labute approximate surface area is 218 Å². The molecule has 37 heavy (non-hydrogen) atoms. The van der Waals surface area contributed by atoms with E-state index in [0.717, 1.165) is 52.8 Å². The summed E-state index contributed by atoms with van der Waals surface area (Å²) in [7, 11) is 0. The number of carbonyl (C=O) groups is 1. The van der Waals surface area contributed by atoms with Gasteiger partial charge in [-0.25, -0.2) is 9.67 Å². The highest BCUT2D eigenvalue weighted by atomic mass is 16.1. The van der Waals surface area contributed by atoms with Crippen LogP contribution in [0.5, 0.6) is 0 Å². The van der Waals surface area contributed by atoms with E-state index in [0.29, 0.717) is 5.56 Å². The van der Waals surface area contributed by atoms with E-state index in [9.17, 15) is 4.79 Å². The van der Waals surface area contributed by atoms with Crippen LogP contribution < -0.4 is 5.32 Å². The van der Waals surface area contributed by atoms with Gasteiger partial charge < -0.3 is 5.32 Å². The molecule has 1 amide bonds. The van der Waals surface area contributed by atoms with Gasteiger partial charge in [0, 0.05) is 17.0 Å². The molecule has 0 aliphatic rings. The molecule has 0 saturated heterocycles. The normalized spacial score (nSPS) is 12.0. The summed E-state index contributed by atoms with van der Waals surface area (Å²) in [6.07, 6.45) is 4.63. The summed E-state index contributed by atoms with van der Waals surface area (Å²) in [5.74, 6) is -0.0828. The Morgan fingerprint density at radius 3 is 2.43 bits per heavy atom. The average Bonchev–Trinajstić information content (AvgIpc) is 3.33. The van der Waals surface area contributed by atoms with Crippen molar-refractivity contribution in [2.75, 3.05) is 0 Å². The van der Waals surface area contributed by atoms with E-state index in [1.807, 2.05) is 66.3 Å². The van der Waals surface area contributed by atoms with Crippen molar-refractivity contribution in [3.63, 3.8) is 0 Å². The van der Waals surface area contributed by atoms with Gasteiger partial charge in [-0.2, -0.15) is 5.10 Å². The van der Waals surface area contributed by atoms with Crippen LogP contribution in [-0.2, 0) is 12.8 Å². The number of benzene rings is 3. The van der Waals surface area contributed by atoms with Gasteiger partial charge in [0.1, 0.15) is 0 Å². The molecule has 186 valence electrons. The Hall–Kier alpha value is -4.25. The van der Waals surface area contributed by atoms with Gasteiger partial charge in [-0.1, -0.05) is 67.6 Å². The number of rotatable bonds is 8. The number of nitrogens with zero attached hydrogens (tertiary/aromatic N) is 3. The fourth-order valence-corrected chi connectivity index (χ4v) is 4.70. The third kappa shape index (κ3) is 5.31. The number of hydrogen-bond acceptors (Lipinski definition) is 3. The van der Waals surface area contributed by atoms with E-state index in [-0.39, 0.29) is 11.9 Å². The fourth-order valence-electron chi connectivity index (χ4n) is 4.70. The van der Waals surface area contributed by atoms with Gasteiger partial charge in [-0.05, 0) is 68.5 Å². The summed E-state index contributed by atoms with van der Waals surface area (Å²) >= 11 is 0. The third-order valence-corrected chi connectivity index (χ3v) is 6.92. The van der Waals surface area contributed by atoms with Crippen molar-refractivity contribution in [1.29, 1.82) is 0 Å². The highest BCUT2D eigenvalue weighted by Gasteiger charge is 2.18. The zero-order valence-corrected chi connectivity index (χ0v) is 21.6. The van der Waals surface area contributed by atoms with E-state index in [4.69, 9.17) is 4.98 Å². The van der Waals surface area contributed by atoms with Gasteiger partial charge in [-0.3, -0.25) is 4.79 Å². The van der Waals surface area contributed by atoms with Crippen LogP contribution in [0.4, 0.5) is 0 Å². The second-order valence-electron chi connectivity index (χ2n) is 9.55. The minimum atomic E-state index is -0.0828. The number of fused-ring (bicyclic) bond motifs is 1. The molecule has 0 aliphatic heterocycles. The second kappa shape index (κ2) is 10.8. The monoisotopic (exact) mass is 488 g/mol. The predicted molar refractivity (Wildman–Crippen MR) is 150 cm³/mol. The average molecular weight is 489 g/mol. The standard InChI is InChI=1S/C32H32N4O/c1-4-24-16-18-26(19-17-24)36-23(3)29(21-33-36)31-20-28(27-12-8-9-13-30(27)35-31)32(37)34-22(2)14-15-25-10-6-5-7-11-25/h5-13,16-22H,4,14-15H2,1-3H3,(H,34,37)/t22-/m1/s1. The van der Waals surface area contributed by atoms with Gasteiger partial charge in [0.25, 0.3) is 5.91 Å². The highest BCUT2D eigenvalue weighted by molar-refractivity contribution is 6.07. The molecule has 0 spiro atoms. The SMILES string of the molecule is CCc1ccc(-n2ncc(-c3cc(C(=O)N[C@H](C)CCc4ccccc4)c4ccccc4n3)c2C)cc1. The second-order valence-corrected chi connectivity index (χ2v) is 9.55. The number of amides is 1. The van der Waals surface area contributed by atoms with Crippen LogP contribution >= 0.6 is 0 Å². The third-order valence-electron chi connectivity index (χ3n) is 6.92. The maximum atomic E-state index is 13.5. The Bertz CT molecular complexity index is 1520. The largest absolute Gasteiger partial charge is 0.350 e. The van der Waals surface area contributed by atoms with Crippen molar-refractivity contribution in [3.8, 4) is 16.9 Å². The van der Waals surface area contributed by atoms with E-state index in [1.165, 1.54) is 11.1 Å². The first kappa shape index (κ1) is 24.4. The summed E-state index contributed by atoms with van der Waals surface area (Å²) in [5, 5.41) is 8.70. The number of nitrogens with one attached hydrogen (secondary N) is 1. The van der Waals surface area contributed by atoms with Crippen LogP contribution in [0.15, 0.2) is 91.1 Å². The van der Waals surface area contributed by atoms with E-state index in [1.54, 1.807) is 0 Å². The number of aromatic nitrogens is 3. The van der Waals surface area contributed by atoms with Gasteiger partial charge >= 0.3 is 0 Å². The van der Waals surface area contributed by atoms with Crippen LogP contribution in [0.3, 0.4) is 0 Å². The Kier molecular flexibility index (Phi) is 7.13. The lowest BCUT2D eigenvalue weighted by molar-refractivity contribution is 0.0940. The summed E-state index contributed by atoms with van der Waals surface area (Å²) in [4.78, 5) is 18.4. The van der Waals surface area contributed by atoms with Gasteiger partial charge in [0.2, 0.25) is 0 Å². The highest BCUT2D eigenvalue weighted by Crippen LogP contribution is 2.28. The Balaban J connectivity index is 1.43. The van der Waals surface area contributed by atoms with Crippen molar-refractivity contribution in [2.45, 2.75) is 46.1 Å². The minimum absolute atomic E-state index is 0.0404. The molecule has 0 radical (unpaired) electrons. The van der Waals surface area contributed by atoms with Gasteiger partial charge in [0.15, 0.2) is 0 Å². The van der Waals surface area contributed by atoms with Crippen molar-refractivity contribution in [3.05, 3.63) is 114 Å². The maximum Gasteiger partial charge on any atom is 0.252 e. The van der Waals surface area contributed by atoms with Crippen molar-refractivity contribution >= 4 is 16.8 Å². The van der Waals surface area contributed by atoms with E-state index in [2.05, 4.69) is 60.7 Å². The summed E-state index contributed by atoms with van der Waals surface area (Å²) in [6.45, 7) is 6.25. The fraction of sp³-hybridized carbons (Fsp3) is 0.219. The molecule has 2 aromatic heterocycles. The van der Waals surface area contributed by atoms with Gasteiger partial charge in [0.05, 0.1) is 34.4 Å². The number of pyridine rings is 1. The predicted octanol–water partition coefficient (Wildman–Crippen LogP) is 6.71. The molecular weight excluding hydrogens is 456 g/mol. The van der Waals surface area contributed by atoms with E-state index >= 15 is 0 Å². The number of para-hydroxylation sites is 1. The molecule has 0 bridgehead atoms. The topological polar surface area (TPSA) is 59.8 Å². The molecule has 3 aromatic carbocycles. The zero-order valence-electron chi connectivity index (χ0n) is 21.6. The summed E-state index contributed by atoms with van der Waals surface area (Å²) in [6, 6.07) is 28.6. The first-order chi connectivity index (χ1) is 18.0. The molecule has 0 unspecified atom stereocenters. The molecule has 5 aromatic rings. The van der Waals surface area contributed by atoms with Crippen LogP contribution in [0, 0.1) is 6.92 Å². The van der Waals surface area contributed by atoms with Crippen molar-refractivity contribution in [2.24, 2.45) is 0 Å². The number of carbonyl (C=O) groups excluding carboxylic acids is 1. The molecule has 0 aliphatic carbocycles. The van der Waals surface area contributed by atoms with Crippen LogP contribution in [0.25, 0.3) is 27.8 Å². The Morgan fingerprint density at radius 1 is 0.946 bits per heavy atom. The van der Waals surface area contributed by atoms with Crippen LogP contribution in [-0.4, -0.2) is 26.7 Å². The number of aryl methyl sites for hydroxylation is 2. The van der Waals surface area contributed by atoms with Crippen molar-refractivity contribution < 1.29 is 4.79 Å². The minimum Gasteiger partial charge on any atom is -0.350 e. The zero-order chi connectivity index (χ0) is 25.8. The summed E-state index contributed by atoms with van der Waals surface area (Å²) in [5.41, 5.74) is 7.64. The molecule has 1 atom stereocenters. The lowest BCUT2D eigenvalue weighted by atomic mass is 10.0. The molecule has 2 heterocycles. The maximum absolute atomic E-state index is 13.5. The van der Waals surface area contributed by atoms with Crippen LogP contribution in [0.2, 0.25) is 0 Å². The van der Waals surface area contributed by atoms with Gasteiger partial charge in [-0.15, -0.1) is 0 Å². The Morgan fingerprint density at radius 2 is 1.68 bits per heavy atom. The smallest absolute Gasteiger partial charge is 0.252 e. The molecule has 5 rings (SSSR count). The molecule has 0 fully saturated rings.